The van der Waals surface area contributed by atoms with Crippen molar-refractivity contribution in [3.63, 3.8) is 0 Å². The highest BCUT2D eigenvalue weighted by atomic mass is 16.6. The van der Waals surface area contributed by atoms with E-state index in [1.807, 2.05) is 19.0 Å². The lowest BCUT2D eigenvalue weighted by Crippen LogP contribution is -2.23. The van der Waals surface area contributed by atoms with E-state index in [2.05, 4.69) is 40.5 Å². The van der Waals surface area contributed by atoms with Gasteiger partial charge in [-0.3, -0.25) is 4.79 Å². The Labute approximate surface area is 170 Å². The number of benzene rings is 1. The molecule has 0 aliphatic carbocycles. The van der Waals surface area contributed by atoms with Gasteiger partial charge in [-0.05, 0) is 42.1 Å². The minimum Gasteiger partial charge on any atom is -0.465 e. The number of anilines is 1. The van der Waals surface area contributed by atoms with E-state index in [0.717, 1.165) is 0 Å². The third kappa shape index (κ3) is 4.47. The van der Waals surface area contributed by atoms with Crippen LogP contribution in [-0.2, 0) is 11.3 Å². The Balaban J connectivity index is 1.76. The van der Waals surface area contributed by atoms with E-state index < -0.39 is 11.9 Å². The van der Waals surface area contributed by atoms with Gasteiger partial charge in [0.1, 0.15) is 0 Å². The van der Waals surface area contributed by atoms with Crippen molar-refractivity contribution in [1.82, 2.24) is 35.6 Å². The average molecular weight is 413 g/mol. The predicted molar refractivity (Wildman–Crippen MR) is 104 cm³/mol. The van der Waals surface area contributed by atoms with Gasteiger partial charge in [0.05, 0.1) is 24.6 Å². The Morgan fingerprint density at radius 3 is 2.63 bits per heavy atom. The highest BCUT2D eigenvalue weighted by Crippen LogP contribution is 2.16. The summed E-state index contributed by atoms with van der Waals surface area (Å²) < 4.78 is 10.5. The number of amides is 1. The maximum Gasteiger partial charge on any atom is 0.337 e. The van der Waals surface area contributed by atoms with Gasteiger partial charge in [0.2, 0.25) is 11.6 Å². The lowest BCUT2D eigenvalue weighted by atomic mass is 10.1. The fourth-order valence-corrected chi connectivity index (χ4v) is 2.47. The zero-order valence-electron chi connectivity index (χ0n) is 16.4. The van der Waals surface area contributed by atoms with Crippen molar-refractivity contribution in [3.05, 3.63) is 46.8 Å². The number of hydrazone groups is 1. The molecule has 1 amide bonds. The number of esters is 1. The van der Waals surface area contributed by atoms with Crippen molar-refractivity contribution in [3.8, 4) is 5.82 Å². The fraction of sp³-hybridized carbons (Fsp3) is 0.235. The number of carbonyl (C=O) groups is 2. The van der Waals surface area contributed by atoms with Gasteiger partial charge >= 0.3 is 5.97 Å². The second-order valence-corrected chi connectivity index (χ2v) is 6.32. The van der Waals surface area contributed by atoms with Crippen LogP contribution in [0.25, 0.3) is 5.82 Å². The molecule has 0 aliphatic heterocycles. The van der Waals surface area contributed by atoms with Crippen molar-refractivity contribution in [2.45, 2.75) is 6.54 Å². The third-order valence-electron chi connectivity index (χ3n) is 3.85. The molecule has 13 nitrogen and oxygen atoms in total. The molecule has 0 radical (unpaired) electrons. The Bertz CT molecular complexity index is 1070. The second kappa shape index (κ2) is 8.91. The number of rotatable bonds is 7. The molecule has 2 aromatic heterocycles. The number of hydrogen-bond donors (Lipinski definition) is 2. The van der Waals surface area contributed by atoms with Crippen LogP contribution in [-0.4, -0.2) is 69.5 Å². The minimum absolute atomic E-state index is 0.0142. The number of nitrogens with one attached hydrogen (secondary N) is 1. The Kier molecular flexibility index (Phi) is 6.12. The maximum absolute atomic E-state index is 12.6. The van der Waals surface area contributed by atoms with Crippen molar-refractivity contribution < 1.29 is 19.0 Å². The normalized spacial score (nSPS) is 11.2. The van der Waals surface area contributed by atoms with E-state index in [9.17, 15) is 9.59 Å². The Hall–Kier alpha value is -4.13. The van der Waals surface area contributed by atoms with Crippen LogP contribution in [0.5, 0.6) is 0 Å². The highest BCUT2D eigenvalue weighted by molar-refractivity contribution is 5.94. The van der Waals surface area contributed by atoms with Gasteiger partial charge in [0.15, 0.2) is 5.69 Å². The van der Waals surface area contributed by atoms with E-state index >= 15 is 0 Å². The molecule has 13 heteroatoms. The van der Waals surface area contributed by atoms with Crippen LogP contribution in [0.15, 0.2) is 34.0 Å². The summed E-state index contributed by atoms with van der Waals surface area (Å²) in [5.41, 5.74) is 9.66. The standard InChI is InChI=1S/C17H19N9O4/c1-25(2)9-12-13(20-24-26(12)15-14(18)22-30-23-15)16(27)21-19-8-10-4-6-11(7-5-10)17(28)29-3/h4-8H,9H2,1-3H3,(H2,18,22)(H,21,27)/b19-8-. The first-order valence-corrected chi connectivity index (χ1v) is 8.60. The quantitative estimate of drug-likeness (QED) is 0.302. The average Bonchev–Trinajstić information content (AvgIpc) is 3.33. The number of nitrogens with zero attached hydrogens (tertiary/aromatic N) is 7. The van der Waals surface area contributed by atoms with Gasteiger partial charge in [0, 0.05) is 6.54 Å². The van der Waals surface area contributed by atoms with Crippen LogP contribution in [0.3, 0.4) is 0 Å². The van der Waals surface area contributed by atoms with Crippen molar-refractivity contribution in [1.29, 1.82) is 0 Å². The zero-order chi connectivity index (χ0) is 21.7. The van der Waals surface area contributed by atoms with Crippen LogP contribution in [0.1, 0.15) is 32.1 Å². The molecule has 30 heavy (non-hydrogen) atoms. The van der Waals surface area contributed by atoms with E-state index in [1.165, 1.54) is 18.0 Å². The SMILES string of the molecule is COC(=O)c1ccc(/C=N\NC(=O)c2nnn(-c3nonc3N)c2CN(C)C)cc1. The number of ether oxygens (including phenoxy) is 1. The molecule has 0 saturated heterocycles. The molecule has 156 valence electrons. The van der Waals surface area contributed by atoms with Gasteiger partial charge in [-0.2, -0.15) is 9.78 Å². The lowest BCUT2D eigenvalue weighted by molar-refractivity contribution is 0.0600. The van der Waals surface area contributed by atoms with Crippen LogP contribution < -0.4 is 11.2 Å². The molecule has 0 fully saturated rings. The first-order valence-electron chi connectivity index (χ1n) is 8.60. The molecule has 3 rings (SSSR count). The van der Waals surface area contributed by atoms with E-state index in [4.69, 9.17) is 5.73 Å². The summed E-state index contributed by atoms with van der Waals surface area (Å²) in [6, 6.07) is 6.50. The topological polar surface area (TPSA) is 167 Å². The monoisotopic (exact) mass is 413 g/mol. The molecule has 3 N–H and O–H groups in total. The lowest BCUT2D eigenvalue weighted by Gasteiger charge is -2.11. The zero-order valence-corrected chi connectivity index (χ0v) is 16.4. The summed E-state index contributed by atoms with van der Waals surface area (Å²) >= 11 is 0. The first kappa shape index (κ1) is 20.6. The van der Waals surface area contributed by atoms with Gasteiger partial charge in [-0.25, -0.2) is 14.8 Å². The van der Waals surface area contributed by atoms with E-state index in [-0.39, 0.29) is 17.3 Å². The molecule has 0 atom stereocenters. The molecule has 2 heterocycles. The highest BCUT2D eigenvalue weighted by Gasteiger charge is 2.24. The Morgan fingerprint density at radius 1 is 1.30 bits per heavy atom. The summed E-state index contributed by atoms with van der Waals surface area (Å²) in [6.45, 7) is 0.320. The summed E-state index contributed by atoms with van der Waals surface area (Å²) in [6.07, 6.45) is 1.43. The molecule has 3 aromatic rings. The van der Waals surface area contributed by atoms with Crippen molar-refractivity contribution >= 4 is 23.9 Å². The van der Waals surface area contributed by atoms with Crippen molar-refractivity contribution in [2.75, 3.05) is 26.9 Å². The maximum atomic E-state index is 12.6. The van der Waals surface area contributed by atoms with Gasteiger partial charge in [-0.1, -0.05) is 17.3 Å². The number of aromatic nitrogens is 5. The predicted octanol–water partition coefficient (Wildman–Crippen LogP) is -0.155. The number of hydrogen-bond acceptors (Lipinski definition) is 11. The van der Waals surface area contributed by atoms with Crippen LogP contribution >= 0.6 is 0 Å². The van der Waals surface area contributed by atoms with Crippen molar-refractivity contribution in [2.24, 2.45) is 5.10 Å². The summed E-state index contributed by atoms with van der Waals surface area (Å²) in [7, 11) is 4.95. The fourth-order valence-electron chi connectivity index (χ4n) is 2.47. The number of nitrogen functional groups attached to an aromatic ring is 1. The van der Waals surface area contributed by atoms with Crippen LogP contribution in [0.4, 0.5) is 5.82 Å². The number of methoxy groups -OCH3 is 1. The van der Waals surface area contributed by atoms with Gasteiger partial charge in [0.25, 0.3) is 5.91 Å². The summed E-state index contributed by atoms with van der Waals surface area (Å²) in [5.74, 6) is -0.866. The van der Waals surface area contributed by atoms with E-state index in [1.54, 1.807) is 24.3 Å². The molecular formula is C17H19N9O4. The molecule has 0 aliphatic rings. The smallest absolute Gasteiger partial charge is 0.337 e. The number of nitrogens with two attached hydrogens (primary N) is 1. The summed E-state index contributed by atoms with van der Waals surface area (Å²) in [5, 5.41) is 19.0. The largest absolute Gasteiger partial charge is 0.465 e. The van der Waals surface area contributed by atoms with Crippen LogP contribution in [0, 0.1) is 0 Å². The molecule has 0 bridgehead atoms. The molecular weight excluding hydrogens is 394 g/mol. The molecule has 0 spiro atoms. The van der Waals surface area contributed by atoms with E-state index in [0.29, 0.717) is 23.4 Å². The van der Waals surface area contributed by atoms with Crippen LogP contribution in [0.2, 0.25) is 0 Å². The Morgan fingerprint density at radius 2 is 2.03 bits per heavy atom. The minimum atomic E-state index is -0.574. The number of carbonyl (C=O) groups excluding carboxylic acids is 2. The molecule has 0 unspecified atom stereocenters. The van der Waals surface area contributed by atoms with Gasteiger partial charge < -0.3 is 15.4 Å². The van der Waals surface area contributed by atoms with Gasteiger partial charge in [-0.15, -0.1) is 5.10 Å². The second-order valence-electron chi connectivity index (χ2n) is 6.32. The third-order valence-corrected chi connectivity index (χ3v) is 3.85. The molecule has 1 aromatic carbocycles. The molecule has 0 saturated carbocycles. The summed E-state index contributed by atoms with van der Waals surface area (Å²) in [4.78, 5) is 25.8. The first-order chi connectivity index (χ1) is 14.4.